The molecule has 0 atom stereocenters. The maximum Gasteiger partial charge on any atom is 0.264 e. The molecule has 0 N–H and O–H groups in total. The number of nitrogens with zero attached hydrogens (tertiary/aromatic N) is 2. The van der Waals surface area contributed by atoms with Gasteiger partial charge in [0.2, 0.25) is 0 Å². The summed E-state index contributed by atoms with van der Waals surface area (Å²) in [6.07, 6.45) is 4.78. The second-order valence-electron chi connectivity index (χ2n) is 22.8. The first-order valence-corrected chi connectivity index (χ1v) is 23.7. The number of hydrogen-bond donors (Lipinski definition) is 0. The van der Waals surface area contributed by atoms with Gasteiger partial charge in [-0.05, 0) is 158 Å². The van der Waals surface area contributed by atoms with Gasteiger partial charge in [-0.1, -0.05) is 131 Å². The molecule has 1 aromatic heterocycles. The van der Waals surface area contributed by atoms with Crippen LogP contribution in [0.4, 0.5) is 34.1 Å². The molecule has 6 aromatic carbocycles. The molecular formula is C57H61BN2S. The molecule has 0 fully saturated rings. The molecule has 4 aliphatic rings. The second kappa shape index (κ2) is 12.7. The van der Waals surface area contributed by atoms with Crippen molar-refractivity contribution in [2.45, 2.75) is 136 Å². The Morgan fingerprint density at radius 2 is 1.10 bits per heavy atom. The maximum atomic E-state index is 2.70. The molecule has 3 heterocycles. The van der Waals surface area contributed by atoms with Crippen LogP contribution in [0.5, 0.6) is 0 Å². The highest BCUT2D eigenvalue weighted by atomic mass is 32.1. The van der Waals surface area contributed by atoms with E-state index in [1.165, 1.54) is 130 Å². The molecule has 0 radical (unpaired) electrons. The molecule has 11 rings (SSSR count). The molecule has 0 unspecified atom stereocenters. The highest BCUT2D eigenvalue weighted by Crippen LogP contribution is 2.54. The van der Waals surface area contributed by atoms with Crippen molar-refractivity contribution >= 4 is 88.7 Å². The van der Waals surface area contributed by atoms with Gasteiger partial charge in [-0.15, -0.1) is 11.3 Å². The minimum atomic E-state index is 0.0702. The average molecular weight is 817 g/mol. The van der Waals surface area contributed by atoms with E-state index in [2.05, 4.69) is 207 Å². The molecule has 308 valence electrons. The number of rotatable bonds is 2. The van der Waals surface area contributed by atoms with Crippen LogP contribution in [0.1, 0.15) is 135 Å². The van der Waals surface area contributed by atoms with Crippen molar-refractivity contribution in [1.29, 1.82) is 0 Å². The van der Waals surface area contributed by atoms with Gasteiger partial charge in [-0.25, -0.2) is 0 Å². The van der Waals surface area contributed by atoms with Gasteiger partial charge in [-0.2, -0.15) is 0 Å². The van der Waals surface area contributed by atoms with Crippen molar-refractivity contribution in [2.75, 3.05) is 9.80 Å². The first kappa shape index (κ1) is 39.1. The van der Waals surface area contributed by atoms with E-state index in [9.17, 15) is 0 Å². The third kappa shape index (κ3) is 5.66. The number of benzene rings is 6. The number of thiophene rings is 1. The highest BCUT2D eigenvalue weighted by molar-refractivity contribution is 7.33. The van der Waals surface area contributed by atoms with Crippen LogP contribution in [0.25, 0.3) is 20.9 Å². The Bertz CT molecular complexity index is 2980. The van der Waals surface area contributed by atoms with E-state index in [0.717, 1.165) is 0 Å². The summed E-state index contributed by atoms with van der Waals surface area (Å²) in [5, 5.41) is 3.95. The smallest absolute Gasteiger partial charge is 0.264 e. The number of aryl methyl sites for hydroxylation is 1. The predicted octanol–water partition coefficient (Wildman–Crippen LogP) is 14.4. The summed E-state index contributed by atoms with van der Waals surface area (Å²) in [7, 11) is 0. The largest absolute Gasteiger partial charge is 0.311 e. The van der Waals surface area contributed by atoms with Crippen molar-refractivity contribution in [3.05, 3.63) is 137 Å². The Kier molecular flexibility index (Phi) is 8.11. The standard InChI is InChI=1S/C57H61BN2S/c1-34-28-47-50-48(29-34)60(45-19-15-17-35-16-13-14-18-38(35)45)51-39-30-40-43(57(11,12)27-24-54(40,5)6)33-49(39)61-52(51)58(50)44-31-41-42(56(9,10)26-25-55(41,7)8)32-46(44)59(47)37-22-20-36(21-23-37)53(2,3)4/h13-23,28-33H,24-27H2,1-12H3. The molecule has 2 aliphatic carbocycles. The molecule has 2 nitrogen and oxygen atoms in total. The van der Waals surface area contributed by atoms with E-state index in [-0.39, 0.29) is 33.8 Å². The SMILES string of the molecule is Cc1cc2c3c(c1)N(c1cccc4ccccc14)c1c(sc4cc5c(cc14)C(C)(C)CCC5(C)C)B3c1cc3c(cc1N2c1ccc(C(C)(C)C)cc1)C(C)(C)CCC3(C)C. The first-order valence-electron chi connectivity index (χ1n) is 22.9. The topological polar surface area (TPSA) is 6.48 Å². The Morgan fingerprint density at radius 1 is 0.541 bits per heavy atom. The van der Waals surface area contributed by atoms with E-state index in [4.69, 9.17) is 0 Å². The van der Waals surface area contributed by atoms with E-state index in [0.29, 0.717) is 0 Å². The van der Waals surface area contributed by atoms with E-state index in [1.54, 1.807) is 0 Å². The Morgan fingerprint density at radius 3 is 1.74 bits per heavy atom. The van der Waals surface area contributed by atoms with Crippen LogP contribution in [0.3, 0.4) is 0 Å². The molecule has 0 spiro atoms. The van der Waals surface area contributed by atoms with Gasteiger partial charge in [0.1, 0.15) is 0 Å². The van der Waals surface area contributed by atoms with E-state index in [1.807, 2.05) is 0 Å². The molecule has 2 aliphatic heterocycles. The zero-order chi connectivity index (χ0) is 42.8. The van der Waals surface area contributed by atoms with E-state index < -0.39 is 0 Å². The lowest BCUT2D eigenvalue weighted by Crippen LogP contribution is -2.61. The molecule has 4 heteroatoms. The van der Waals surface area contributed by atoms with Crippen LogP contribution in [0, 0.1) is 6.92 Å². The Balaban J connectivity index is 1.29. The normalized spacial score (nSPS) is 19.0. The number of hydrogen-bond acceptors (Lipinski definition) is 3. The molecule has 0 bridgehead atoms. The summed E-state index contributed by atoms with van der Waals surface area (Å²) in [6.45, 7) is 29.2. The summed E-state index contributed by atoms with van der Waals surface area (Å²) in [4.78, 5) is 5.34. The molecule has 0 saturated carbocycles. The zero-order valence-electron chi connectivity index (χ0n) is 38.5. The van der Waals surface area contributed by atoms with Crippen molar-refractivity contribution in [2.24, 2.45) is 0 Å². The summed E-state index contributed by atoms with van der Waals surface area (Å²) in [6, 6.07) is 41.0. The minimum absolute atomic E-state index is 0.0702. The molecular weight excluding hydrogens is 756 g/mol. The van der Waals surface area contributed by atoms with Gasteiger partial charge in [0.25, 0.3) is 6.71 Å². The lowest BCUT2D eigenvalue weighted by molar-refractivity contribution is 0.332. The third-order valence-electron chi connectivity index (χ3n) is 15.7. The fraction of sp³-hybridized carbons (Fsp3) is 0.368. The quantitative estimate of drug-likeness (QED) is 0.160. The lowest BCUT2D eigenvalue weighted by atomic mass is 9.35. The fourth-order valence-electron chi connectivity index (χ4n) is 11.8. The monoisotopic (exact) mass is 816 g/mol. The summed E-state index contributed by atoms with van der Waals surface area (Å²) < 4.78 is 2.88. The van der Waals surface area contributed by atoms with Crippen molar-refractivity contribution in [1.82, 2.24) is 0 Å². The lowest BCUT2D eigenvalue weighted by Gasteiger charge is -2.47. The Labute approximate surface area is 369 Å². The van der Waals surface area contributed by atoms with Crippen molar-refractivity contribution in [3.63, 3.8) is 0 Å². The fourth-order valence-corrected chi connectivity index (χ4v) is 13.1. The number of fused-ring (bicyclic) bond motifs is 9. The van der Waals surface area contributed by atoms with Crippen molar-refractivity contribution < 1.29 is 0 Å². The highest BCUT2D eigenvalue weighted by Gasteiger charge is 2.48. The summed E-state index contributed by atoms with van der Waals surface area (Å²) in [5.74, 6) is 0. The van der Waals surface area contributed by atoms with Gasteiger partial charge in [-0.3, -0.25) is 0 Å². The zero-order valence-corrected chi connectivity index (χ0v) is 39.3. The number of anilines is 6. The molecule has 7 aromatic rings. The van der Waals surface area contributed by atoms with Crippen LogP contribution >= 0.6 is 11.3 Å². The van der Waals surface area contributed by atoms with Gasteiger partial charge in [0, 0.05) is 43.0 Å². The van der Waals surface area contributed by atoms with Crippen LogP contribution in [0.2, 0.25) is 0 Å². The molecule has 0 saturated heterocycles. The summed E-state index contributed by atoms with van der Waals surface area (Å²) >= 11 is 2.06. The van der Waals surface area contributed by atoms with Crippen LogP contribution in [0.15, 0.2) is 103 Å². The second-order valence-corrected chi connectivity index (χ2v) is 23.9. The maximum absolute atomic E-state index is 2.70. The van der Waals surface area contributed by atoms with Gasteiger partial charge in [0.15, 0.2) is 0 Å². The van der Waals surface area contributed by atoms with E-state index >= 15 is 0 Å². The van der Waals surface area contributed by atoms with Crippen LogP contribution in [-0.4, -0.2) is 6.71 Å². The van der Waals surface area contributed by atoms with Crippen LogP contribution < -0.4 is 25.5 Å². The average Bonchev–Trinajstić information content (AvgIpc) is 3.58. The third-order valence-corrected chi connectivity index (χ3v) is 17.0. The molecule has 61 heavy (non-hydrogen) atoms. The predicted molar refractivity (Wildman–Crippen MR) is 267 cm³/mol. The van der Waals surface area contributed by atoms with Crippen LogP contribution in [-0.2, 0) is 27.1 Å². The van der Waals surface area contributed by atoms with Gasteiger partial charge in [0.05, 0.1) is 11.4 Å². The summed E-state index contributed by atoms with van der Waals surface area (Å²) in [5.41, 5.74) is 19.9. The first-order chi connectivity index (χ1) is 28.7. The minimum Gasteiger partial charge on any atom is -0.311 e. The Hall–Kier alpha value is -4.80. The van der Waals surface area contributed by atoms with Gasteiger partial charge < -0.3 is 9.80 Å². The van der Waals surface area contributed by atoms with Crippen molar-refractivity contribution in [3.8, 4) is 0 Å². The molecule has 0 amide bonds. The van der Waals surface area contributed by atoms with Gasteiger partial charge >= 0.3 is 0 Å².